The molecule has 0 aliphatic heterocycles. The summed E-state index contributed by atoms with van der Waals surface area (Å²) in [5.41, 5.74) is -0.0734. The highest BCUT2D eigenvalue weighted by Gasteiger charge is 2.12. The van der Waals surface area contributed by atoms with Gasteiger partial charge in [0.05, 0.1) is 6.10 Å². The van der Waals surface area contributed by atoms with Crippen LogP contribution in [0.25, 0.3) is 0 Å². The zero-order valence-corrected chi connectivity index (χ0v) is 7.22. The molecule has 1 aromatic rings. The Morgan fingerprint density at radius 3 is 2.62 bits per heavy atom. The first-order valence-electron chi connectivity index (χ1n) is 3.98. The minimum atomic E-state index is -0.912. The minimum Gasteiger partial charge on any atom is -0.388 e. The summed E-state index contributed by atoms with van der Waals surface area (Å²) in [6.45, 7) is 1.70. The first-order chi connectivity index (χ1) is 6.06. The molecule has 1 atom stereocenters. The van der Waals surface area contributed by atoms with Gasteiger partial charge in [-0.15, -0.1) is 0 Å². The van der Waals surface area contributed by atoms with E-state index in [1.165, 1.54) is 0 Å². The smallest absolute Gasteiger partial charge is 0.126 e. The molecule has 0 amide bonds. The van der Waals surface area contributed by atoms with Gasteiger partial charge in [-0.1, -0.05) is 12.4 Å². The molecule has 13 heavy (non-hydrogen) atoms. The molecule has 2 radical (unpaired) electrons. The summed E-state index contributed by atoms with van der Waals surface area (Å²) in [5, 5.41) is 9.35. The van der Waals surface area contributed by atoms with Crippen molar-refractivity contribution in [3.05, 3.63) is 29.3 Å². The first kappa shape index (κ1) is 10.2. The van der Waals surface area contributed by atoms with E-state index in [2.05, 4.69) is 0 Å². The molecule has 0 fully saturated rings. The van der Waals surface area contributed by atoms with E-state index in [9.17, 15) is 13.9 Å². The molecule has 0 saturated heterocycles. The number of aliphatic hydroxyl groups is 1. The molecule has 1 unspecified atom stereocenters. The molecular weight excluding hydrogens is 173 g/mol. The predicted octanol–water partition coefficient (Wildman–Crippen LogP) is 1.20. The second-order valence-corrected chi connectivity index (χ2v) is 2.81. The van der Waals surface area contributed by atoms with Gasteiger partial charge in [0.25, 0.3) is 0 Å². The Hall–Kier alpha value is -0.895. The second kappa shape index (κ2) is 3.88. The predicted molar refractivity (Wildman–Crippen MR) is 47.0 cm³/mol. The van der Waals surface area contributed by atoms with Crippen molar-refractivity contribution in [2.45, 2.75) is 19.4 Å². The van der Waals surface area contributed by atoms with Crippen molar-refractivity contribution in [2.75, 3.05) is 0 Å². The first-order valence-corrected chi connectivity index (χ1v) is 3.98. The molecule has 4 heteroatoms. The normalized spacial score (nSPS) is 12.9. The Kier molecular flexibility index (Phi) is 3.04. The molecule has 0 aromatic heterocycles. The topological polar surface area (TPSA) is 20.2 Å². The number of benzene rings is 1. The number of hydrogen-bond acceptors (Lipinski definition) is 1. The van der Waals surface area contributed by atoms with Crippen LogP contribution in [0.1, 0.15) is 25.0 Å². The van der Waals surface area contributed by atoms with E-state index in [0.29, 0.717) is 12.5 Å². The van der Waals surface area contributed by atoms with Crippen LogP contribution in [-0.4, -0.2) is 13.0 Å². The maximum atomic E-state index is 12.9. The van der Waals surface area contributed by atoms with Crippen molar-refractivity contribution < 1.29 is 13.9 Å². The number of rotatable bonds is 2. The zero-order valence-electron chi connectivity index (χ0n) is 7.22. The Balaban J connectivity index is 3.20. The van der Waals surface area contributed by atoms with Crippen LogP contribution >= 0.6 is 0 Å². The third-order valence-corrected chi connectivity index (χ3v) is 1.87. The molecule has 0 bridgehead atoms. The fourth-order valence-electron chi connectivity index (χ4n) is 1.10. The largest absolute Gasteiger partial charge is 0.388 e. The maximum Gasteiger partial charge on any atom is 0.126 e. The van der Waals surface area contributed by atoms with Gasteiger partial charge in [-0.2, -0.15) is 0 Å². The van der Waals surface area contributed by atoms with Crippen molar-refractivity contribution in [1.29, 1.82) is 0 Å². The molecular formula is C9H9BF2O. The lowest BCUT2D eigenvalue weighted by atomic mass is 9.86. The van der Waals surface area contributed by atoms with Crippen molar-refractivity contribution >= 4 is 13.3 Å². The standard InChI is InChI=1S/C9H9BF2O/c1-2-8(13)6-3-5(11)4-7(12)9(6)10/h3-4,8,13H,2H2,1H3. The van der Waals surface area contributed by atoms with E-state index in [4.69, 9.17) is 7.85 Å². The third-order valence-electron chi connectivity index (χ3n) is 1.87. The van der Waals surface area contributed by atoms with Crippen LogP contribution in [0.2, 0.25) is 0 Å². The summed E-state index contributed by atoms with van der Waals surface area (Å²) < 4.78 is 25.6. The summed E-state index contributed by atoms with van der Waals surface area (Å²) >= 11 is 0. The van der Waals surface area contributed by atoms with Crippen LogP contribution < -0.4 is 5.46 Å². The van der Waals surface area contributed by atoms with Crippen LogP contribution in [0.5, 0.6) is 0 Å². The van der Waals surface area contributed by atoms with Crippen molar-refractivity contribution in [3.63, 3.8) is 0 Å². The number of aliphatic hydroxyl groups excluding tert-OH is 1. The van der Waals surface area contributed by atoms with Gasteiger partial charge in [-0.3, -0.25) is 0 Å². The van der Waals surface area contributed by atoms with Gasteiger partial charge in [0.2, 0.25) is 0 Å². The molecule has 1 rings (SSSR count). The van der Waals surface area contributed by atoms with Crippen LogP contribution in [0, 0.1) is 11.6 Å². The Morgan fingerprint density at radius 1 is 1.46 bits per heavy atom. The minimum absolute atomic E-state index is 0.111. The lowest BCUT2D eigenvalue weighted by Gasteiger charge is -2.12. The highest BCUT2D eigenvalue weighted by Crippen LogP contribution is 2.15. The summed E-state index contributed by atoms with van der Waals surface area (Å²) in [6, 6.07) is 1.74. The van der Waals surface area contributed by atoms with Crippen molar-refractivity contribution in [1.82, 2.24) is 0 Å². The molecule has 68 valence electrons. The van der Waals surface area contributed by atoms with Crippen molar-refractivity contribution in [3.8, 4) is 0 Å². The average molecular weight is 182 g/mol. The third kappa shape index (κ3) is 2.07. The van der Waals surface area contributed by atoms with Gasteiger partial charge in [-0.05, 0) is 18.1 Å². The Bertz CT molecular complexity index is 315. The Morgan fingerprint density at radius 2 is 2.08 bits per heavy atom. The van der Waals surface area contributed by atoms with E-state index in [0.717, 1.165) is 6.07 Å². The second-order valence-electron chi connectivity index (χ2n) is 2.81. The average Bonchev–Trinajstić information content (AvgIpc) is 2.10. The fraction of sp³-hybridized carbons (Fsp3) is 0.333. The fourth-order valence-corrected chi connectivity index (χ4v) is 1.10. The molecule has 0 saturated carbocycles. The van der Waals surface area contributed by atoms with Crippen molar-refractivity contribution in [2.24, 2.45) is 0 Å². The quantitative estimate of drug-likeness (QED) is 0.681. The summed E-state index contributed by atoms with van der Waals surface area (Å²) in [4.78, 5) is 0. The van der Waals surface area contributed by atoms with E-state index >= 15 is 0 Å². The molecule has 0 spiro atoms. The summed E-state index contributed by atoms with van der Waals surface area (Å²) in [6.07, 6.45) is -0.544. The lowest BCUT2D eigenvalue weighted by molar-refractivity contribution is 0.174. The van der Waals surface area contributed by atoms with Gasteiger partial charge in [0, 0.05) is 6.07 Å². The highest BCUT2D eigenvalue weighted by atomic mass is 19.1. The van der Waals surface area contributed by atoms with Crippen LogP contribution in [0.15, 0.2) is 12.1 Å². The molecule has 0 heterocycles. The zero-order chi connectivity index (χ0) is 10.0. The van der Waals surface area contributed by atoms with E-state index in [-0.39, 0.29) is 11.0 Å². The van der Waals surface area contributed by atoms with Crippen LogP contribution in [0.4, 0.5) is 8.78 Å². The highest BCUT2D eigenvalue weighted by molar-refractivity contribution is 6.33. The summed E-state index contributed by atoms with van der Waals surface area (Å²) in [7, 11) is 5.33. The number of halogens is 2. The van der Waals surface area contributed by atoms with Gasteiger partial charge >= 0.3 is 0 Å². The van der Waals surface area contributed by atoms with E-state index in [1.807, 2.05) is 0 Å². The molecule has 0 aliphatic rings. The summed E-state index contributed by atoms with van der Waals surface area (Å²) in [5.74, 6) is -1.56. The van der Waals surface area contributed by atoms with Crippen LogP contribution in [0.3, 0.4) is 0 Å². The van der Waals surface area contributed by atoms with E-state index in [1.54, 1.807) is 6.92 Å². The molecule has 1 nitrogen and oxygen atoms in total. The van der Waals surface area contributed by atoms with Gasteiger partial charge < -0.3 is 5.11 Å². The van der Waals surface area contributed by atoms with Gasteiger partial charge in [0.15, 0.2) is 0 Å². The lowest BCUT2D eigenvalue weighted by Crippen LogP contribution is -2.18. The SMILES string of the molecule is [B]c1c(F)cc(F)cc1C(O)CC. The van der Waals surface area contributed by atoms with Gasteiger partial charge in [0.1, 0.15) is 19.5 Å². The maximum absolute atomic E-state index is 12.9. The van der Waals surface area contributed by atoms with Crippen LogP contribution in [-0.2, 0) is 0 Å². The van der Waals surface area contributed by atoms with Gasteiger partial charge in [-0.25, -0.2) is 8.78 Å². The molecule has 1 N–H and O–H groups in total. The molecule has 0 aliphatic carbocycles. The molecule has 1 aromatic carbocycles. The monoisotopic (exact) mass is 182 g/mol. The number of hydrogen-bond donors (Lipinski definition) is 1. The Labute approximate surface area is 76.8 Å². The van der Waals surface area contributed by atoms with E-state index < -0.39 is 17.7 Å².